The summed E-state index contributed by atoms with van der Waals surface area (Å²) in [6.07, 6.45) is -2.39. The average molecular weight is 516 g/mol. The molecule has 0 aliphatic rings. The Morgan fingerprint density at radius 3 is 1.65 bits per heavy atom. The summed E-state index contributed by atoms with van der Waals surface area (Å²) in [5.41, 5.74) is 1.09. The minimum Gasteiger partial charge on any atom is -0.478 e. The van der Waals surface area contributed by atoms with Crippen LogP contribution in [0.2, 0.25) is 0 Å². The van der Waals surface area contributed by atoms with Crippen LogP contribution in [-0.2, 0) is 6.18 Å². The monoisotopic (exact) mass is 515 g/mol. The van der Waals surface area contributed by atoms with E-state index in [0.29, 0.717) is 5.92 Å². The zero-order valence-corrected chi connectivity index (χ0v) is 21.0. The fourth-order valence-corrected chi connectivity index (χ4v) is 3.75. The standard InChI is InChI=1S/C21H26F3N.C8H6O4/c1-15(2)9-14-20(25-16(3)17-7-5-4-6-8-17)18-10-12-19(13-11-18)21(22,23)24;9-7(10)5-3-1-2-4-6(5)8(11)12/h4-8,10-13,15-16,20,25H,9,14H2,1-3H3;1-4H,(H,9,10)(H,11,12)/t16-,20+;/m0./s1. The van der Waals surface area contributed by atoms with Gasteiger partial charge < -0.3 is 15.5 Å². The Balaban J connectivity index is 0.000000335. The van der Waals surface area contributed by atoms with Gasteiger partial charge in [-0.3, -0.25) is 0 Å². The van der Waals surface area contributed by atoms with Crippen LogP contribution < -0.4 is 5.32 Å². The van der Waals surface area contributed by atoms with E-state index in [1.54, 1.807) is 12.1 Å². The van der Waals surface area contributed by atoms with Gasteiger partial charge in [-0.15, -0.1) is 0 Å². The third-order valence-corrected chi connectivity index (χ3v) is 5.81. The summed E-state index contributed by atoms with van der Waals surface area (Å²) < 4.78 is 38.4. The lowest BCUT2D eigenvalue weighted by atomic mass is 9.95. The van der Waals surface area contributed by atoms with E-state index in [-0.39, 0.29) is 23.2 Å². The highest BCUT2D eigenvalue weighted by Gasteiger charge is 2.30. The third-order valence-electron chi connectivity index (χ3n) is 5.81. The van der Waals surface area contributed by atoms with E-state index in [1.165, 1.54) is 42.0 Å². The molecule has 0 saturated heterocycles. The summed E-state index contributed by atoms with van der Waals surface area (Å²) >= 11 is 0. The number of carboxylic acids is 2. The van der Waals surface area contributed by atoms with Gasteiger partial charge in [-0.25, -0.2) is 9.59 Å². The van der Waals surface area contributed by atoms with Crippen molar-refractivity contribution in [3.63, 3.8) is 0 Å². The number of halogens is 3. The molecule has 0 spiro atoms. The Morgan fingerprint density at radius 1 is 0.730 bits per heavy atom. The second kappa shape index (κ2) is 13.6. The van der Waals surface area contributed by atoms with Crippen LogP contribution in [0.15, 0.2) is 78.9 Å². The summed E-state index contributed by atoms with van der Waals surface area (Å²) in [7, 11) is 0. The lowest BCUT2D eigenvalue weighted by Gasteiger charge is -2.25. The highest BCUT2D eigenvalue weighted by atomic mass is 19.4. The molecule has 0 amide bonds. The lowest BCUT2D eigenvalue weighted by molar-refractivity contribution is -0.137. The highest BCUT2D eigenvalue weighted by molar-refractivity contribution is 6.01. The lowest BCUT2D eigenvalue weighted by Crippen LogP contribution is -2.25. The quantitative estimate of drug-likeness (QED) is 0.273. The topological polar surface area (TPSA) is 86.6 Å². The molecule has 3 aromatic carbocycles. The van der Waals surface area contributed by atoms with Gasteiger partial charge in [0, 0.05) is 12.1 Å². The number of benzene rings is 3. The molecule has 0 saturated carbocycles. The molecule has 3 rings (SSSR count). The summed E-state index contributed by atoms with van der Waals surface area (Å²) in [5.74, 6) is -1.91. The molecule has 0 aromatic heterocycles. The van der Waals surface area contributed by atoms with Gasteiger partial charge in [-0.05, 0) is 61.1 Å². The summed E-state index contributed by atoms with van der Waals surface area (Å²) in [4.78, 5) is 20.9. The predicted molar refractivity (Wildman–Crippen MR) is 137 cm³/mol. The van der Waals surface area contributed by atoms with Crippen molar-refractivity contribution < 1.29 is 33.0 Å². The molecule has 0 aliphatic heterocycles. The molecule has 0 radical (unpaired) electrons. The molecule has 0 fully saturated rings. The first kappa shape index (κ1) is 29.6. The molecular formula is C29H32F3NO4. The maximum atomic E-state index is 12.8. The first-order valence-electron chi connectivity index (χ1n) is 11.9. The smallest absolute Gasteiger partial charge is 0.416 e. The maximum Gasteiger partial charge on any atom is 0.416 e. The normalized spacial score (nSPS) is 12.8. The first-order valence-corrected chi connectivity index (χ1v) is 11.9. The van der Waals surface area contributed by atoms with Crippen LogP contribution in [0, 0.1) is 5.92 Å². The molecule has 0 unspecified atom stereocenters. The van der Waals surface area contributed by atoms with Crippen molar-refractivity contribution in [1.82, 2.24) is 5.32 Å². The number of aromatic carboxylic acids is 2. The Hall–Kier alpha value is -3.65. The van der Waals surface area contributed by atoms with Gasteiger partial charge in [-0.1, -0.05) is 68.4 Å². The number of nitrogens with one attached hydrogen (secondary N) is 1. The van der Waals surface area contributed by atoms with E-state index in [2.05, 4.69) is 38.2 Å². The van der Waals surface area contributed by atoms with Gasteiger partial charge in [0.15, 0.2) is 0 Å². The molecule has 198 valence electrons. The number of carboxylic acid groups (broad SMARTS) is 2. The third kappa shape index (κ3) is 9.38. The van der Waals surface area contributed by atoms with E-state index >= 15 is 0 Å². The molecule has 8 heteroatoms. The second-order valence-electron chi connectivity index (χ2n) is 9.10. The fraction of sp³-hybridized carbons (Fsp3) is 0.310. The SMILES string of the molecule is CC(C)CC[C@@H](N[C@@H](C)c1ccccc1)c1ccc(C(F)(F)F)cc1.O=C(O)c1ccccc1C(=O)O. The van der Waals surface area contributed by atoms with Crippen molar-refractivity contribution in [2.45, 2.75) is 51.9 Å². The van der Waals surface area contributed by atoms with E-state index in [9.17, 15) is 22.8 Å². The molecule has 37 heavy (non-hydrogen) atoms. The largest absolute Gasteiger partial charge is 0.478 e. The summed E-state index contributed by atoms with van der Waals surface area (Å²) in [6.45, 7) is 6.40. The van der Waals surface area contributed by atoms with Gasteiger partial charge >= 0.3 is 18.1 Å². The zero-order chi connectivity index (χ0) is 27.6. The van der Waals surface area contributed by atoms with Gasteiger partial charge in [-0.2, -0.15) is 13.2 Å². The zero-order valence-electron chi connectivity index (χ0n) is 21.0. The van der Waals surface area contributed by atoms with Crippen LogP contribution >= 0.6 is 0 Å². The van der Waals surface area contributed by atoms with Gasteiger partial charge in [0.1, 0.15) is 0 Å². The molecule has 5 nitrogen and oxygen atoms in total. The van der Waals surface area contributed by atoms with Crippen LogP contribution in [0.3, 0.4) is 0 Å². The second-order valence-corrected chi connectivity index (χ2v) is 9.10. The van der Waals surface area contributed by atoms with Crippen molar-refractivity contribution in [2.24, 2.45) is 5.92 Å². The molecule has 2 atom stereocenters. The van der Waals surface area contributed by atoms with Crippen LogP contribution in [0.5, 0.6) is 0 Å². The Kier molecular flexibility index (Phi) is 10.9. The van der Waals surface area contributed by atoms with Crippen LogP contribution in [0.25, 0.3) is 0 Å². The molecular weight excluding hydrogens is 483 g/mol. The van der Waals surface area contributed by atoms with Crippen molar-refractivity contribution in [2.75, 3.05) is 0 Å². The minimum atomic E-state index is -4.29. The molecule has 0 heterocycles. The number of rotatable bonds is 9. The van der Waals surface area contributed by atoms with Crippen molar-refractivity contribution in [3.8, 4) is 0 Å². The van der Waals surface area contributed by atoms with E-state index in [4.69, 9.17) is 10.2 Å². The molecule has 0 aliphatic carbocycles. The van der Waals surface area contributed by atoms with Crippen molar-refractivity contribution in [1.29, 1.82) is 0 Å². The Labute approximate surface area is 215 Å². The maximum absolute atomic E-state index is 12.8. The average Bonchev–Trinajstić information content (AvgIpc) is 2.86. The van der Waals surface area contributed by atoms with Crippen LogP contribution in [-0.4, -0.2) is 22.2 Å². The Bertz CT molecular complexity index is 1110. The molecule has 0 bridgehead atoms. The highest BCUT2D eigenvalue weighted by Crippen LogP contribution is 2.31. The number of hydrogen-bond acceptors (Lipinski definition) is 3. The van der Waals surface area contributed by atoms with Crippen LogP contribution in [0.1, 0.15) is 83.1 Å². The van der Waals surface area contributed by atoms with E-state index in [0.717, 1.165) is 18.4 Å². The number of carbonyl (C=O) groups is 2. The number of alkyl halides is 3. The van der Waals surface area contributed by atoms with Gasteiger partial charge in [0.2, 0.25) is 0 Å². The first-order chi connectivity index (χ1) is 17.4. The van der Waals surface area contributed by atoms with Crippen LogP contribution in [0.4, 0.5) is 13.2 Å². The summed E-state index contributed by atoms with van der Waals surface area (Å²) in [5, 5.41) is 20.7. The van der Waals surface area contributed by atoms with E-state index < -0.39 is 23.7 Å². The van der Waals surface area contributed by atoms with Crippen molar-refractivity contribution in [3.05, 3.63) is 107 Å². The predicted octanol–water partition coefficient (Wildman–Crippen LogP) is 7.62. The van der Waals surface area contributed by atoms with E-state index in [1.807, 2.05) is 18.2 Å². The minimum absolute atomic E-state index is 0.0277. The van der Waals surface area contributed by atoms with Crippen molar-refractivity contribution >= 4 is 11.9 Å². The molecule has 3 N–H and O–H groups in total. The van der Waals surface area contributed by atoms with Gasteiger partial charge in [0.25, 0.3) is 0 Å². The fourth-order valence-electron chi connectivity index (χ4n) is 3.75. The van der Waals surface area contributed by atoms with Gasteiger partial charge in [0.05, 0.1) is 16.7 Å². The summed E-state index contributed by atoms with van der Waals surface area (Å²) in [6, 6.07) is 21.2. The Morgan fingerprint density at radius 2 is 1.22 bits per heavy atom. The number of hydrogen-bond donors (Lipinski definition) is 3. The molecule has 3 aromatic rings.